The fourth-order valence-electron chi connectivity index (χ4n) is 1.50. The summed E-state index contributed by atoms with van der Waals surface area (Å²) in [7, 11) is 3.55. The zero-order chi connectivity index (χ0) is 11.5. The lowest BCUT2D eigenvalue weighted by Gasteiger charge is -2.11. The molecule has 3 heteroatoms. The average Bonchev–Trinajstić information content (AvgIpc) is 2.30. The van der Waals surface area contributed by atoms with Crippen LogP contribution in [0, 0.1) is 11.6 Å². The number of halogens is 2. The monoisotopic (exact) mass is 231 g/mol. The average molecular weight is 231 g/mol. The van der Waals surface area contributed by atoms with E-state index in [0.717, 1.165) is 11.1 Å². The molecule has 3 radical (unpaired) electrons. The summed E-state index contributed by atoms with van der Waals surface area (Å²) in [4.78, 5) is 0. The molecule has 0 aromatic heterocycles. The summed E-state index contributed by atoms with van der Waals surface area (Å²) < 4.78 is 25.5. The van der Waals surface area contributed by atoms with Gasteiger partial charge < -0.3 is 0 Å². The van der Waals surface area contributed by atoms with Gasteiger partial charge in [0, 0.05) is 10.2 Å². The molecule has 0 aliphatic carbocycles. The van der Waals surface area contributed by atoms with Crippen molar-refractivity contribution in [2.75, 3.05) is 0 Å². The van der Waals surface area contributed by atoms with Crippen LogP contribution < -0.4 is 0 Å². The molecule has 2 aromatic carbocycles. The van der Waals surface area contributed by atoms with E-state index in [1.54, 1.807) is 24.3 Å². The van der Waals surface area contributed by atoms with Crippen LogP contribution in [0.4, 0.5) is 8.78 Å². The molecule has 0 spiro atoms. The molecule has 0 N–H and O–H groups in total. The van der Waals surface area contributed by atoms with Crippen molar-refractivity contribution in [2.45, 2.75) is 5.54 Å². The molecule has 0 aliphatic heterocycles. The van der Waals surface area contributed by atoms with Crippen LogP contribution in [-0.2, 0) is 0 Å². The van der Waals surface area contributed by atoms with E-state index in [-0.39, 0.29) is 17.2 Å². The Morgan fingerprint density at radius 2 is 1.00 bits per heavy atom. The first-order valence-electron chi connectivity index (χ1n) is 4.89. The van der Waals surface area contributed by atoms with Gasteiger partial charge in [-0.25, -0.2) is 8.78 Å². The molecule has 0 nitrogen and oxygen atoms in total. The summed E-state index contributed by atoms with van der Waals surface area (Å²) in [5, 5.41) is 0. The van der Waals surface area contributed by atoms with Crippen molar-refractivity contribution >= 4 is 10.2 Å². The SMILES string of the molecule is Fc1ccc(C([Si])c2ccc(F)cc2)cc1. The van der Waals surface area contributed by atoms with Gasteiger partial charge in [-0.2, -0.15) is 0 Å². The Morgan fingerprint density at radius 3 is 1.31 bits per heavy atom. The van der Waals surface area contributed by atoms with Crippen molar-refractivity contribution in [1.82, 2.24) is 0 Å². The van der Waals surface area contributed by atoms with Crippen molar-refractivity contribution in [3.05, 3.63) is 71.3 Å². The molecule has 2 aromatic rings. The van der Waals surface area contributed by atoms with E-state index in [4.69, 9.17) is 0 Å². The Morgan fingerprint density at radius 1 is 0.688 bits per heavy atom. The van der Waals surface area contributed by atoms with Crippen LogP contribution in [0.15, 0.2) is 48.5 Å². The van der Waals surface area contributed by atoms with Crippen molar-refractivity contribution in [1.29, 1.82) is 0 Å². The Bertz CT molecular complexity index is 417. The lowest BCUT2D eigenvalue weighted by atomic mass is 10.0. The van der Waals surface area contributed by atoms with Gasteiger partial charge in [0.2, 0.25) is 0 Å². The molecule has 0 saturated carbocycles. The molecule has 0 saturated heterocycles. The Hall–Kier alpha value is -1.48. The molecule has 0 heterocycles. The highest BCUT2D eigenvalue weighted by atomic mass is 28.1. The van der Waals surface area contributed by atoms with Crippen LogP contribution in [-0.4, -0.2) is 10.2 Å². The van der Waals surface area contributed by atoms with Gasteiger partial charge in [0.1, 0.15) is 11.6 Å². The number of hydrogen-bond acceptors (Lipinski definition) is 0. The van der Waals surface area contributed by atoms with Crippen LogP contribution in [0.25, 0.3) is 0 Å². The second kappa shape index (κ2) is 4.57. The number of hydrogen-bond donors (Lipinski definition) is 0. The predicted molar refractivity (Wildman–Crippen MR) is 60.4 cm³/mol. The standard InChI is InChI=1S/C13H9F2Si/c14-11-5-1-9(2-6-11)13(16)10-3-7-12(15)8-4-10/h1-8,13H. The maximum atomic E-state index is 12.7. The fourth-order valence-corrected chi connectivity index (χ4v) is 1.89. The van der Waals surface area contributed by atoms with Crippen LogP contribution in [0.5, 0.6) is 0 Å². The first-order chi connectivity index (χ1) is 7.66. The molecule has 0 aliphatic rings. The maximum absolute atomic E-state index is 12.7. The zero-order valence-corrected chi connectivity index (χ0v) is 9.45. The van der Waals surface area contributed by atoms with Crippen molar-refractivity contribution in [3.8, 4) is 0 Å². The molecule has 2 rings (SSSR count). The van der Waals surface area contributed by atoms with Crippen LogP contribution in [0.2, 0.25) is 0 Å². The molecule has 79 valence electrons. The molecule has 0 atom stereocenters. The van der Waals surface area contributed by atoms with E-state index in [9.17, 15) is 8.78 Å². The van der Waals surface area contributed by atoms with E-state index in [1.807, 2.05) is 0 Å². The van der Waals surface area contributed by atoms with Gasteiger partial charge in [-0.3, -0.25) is 0 Å². The van der Waals surface area contributed by atoms with Gasteiger partial charge in [0.05, 0.1) is 0 Å². The second-order valence-corrected chi connectivity index (χ2v) is 4.11. The van der Waals surface area contributed by atoms with E-state index in [2.05, 4.69) is 10.2 Å². The van der Waals surface area contributed by atoms with E-state index in [1.165, 1.54) is 24.3 Å². The molecular weight excluding hydrogens is 222 g/mol. The second-order valence-electron chi connectivity index (χ2n) is 3.54. The number of rotatable bonds is 2. The summed E-state index contributed by atoms with van der Waals surface area (Å²) in [6, 6.07) is 12.5. The molecule has 0 amide bonds. The van der Waals surface area contributed by atoms with Gasteiger partial charge >= 0.3 is 0 Å². The Labute approximate surface area is 96.4 Å². The Kier molecular flexibility index (Phi) is 3.15. The predicted octanol–water partition coefficient (Wildman–Crippen LogP) is 3.22. The summed E-state index contributed by atoms with van der Waals surface area (Å²) >= 11 is 0. The van der Waals surface area contributed by atoms with Crippen molar-refractivity contribution in [2.24, 2.45) is 0 Å². The zero-order valence-electron chi connectivity index (χ0n) is 8.45. The summed E-state index contributed by atoms with van der Waals surface area (Å²) in [5.41, 5.74) is 1.82. The van der Waals surface area contributed by atoms with Crippen molar-refractivity contribution < 1.29 is 8.78 Å². The van der Waals surface area contributed by atoms with E-state index >= 15 is 0 Å². The summed E-state index contributed by atoms with van der Waals surface area (Å²) in [6.45, 7) is 0. The van der Waals surface area contributed by atoms with Gasteiger partial charge in [-0.15, -0.1) is 0 Å². The largest absolute Gasteiger partial charge is 0.207 e. The molecule has 16 heavy (non-hydrogen) atoms. The molecule has 0 unspecified atom stereocenters. The molecule has 0 fully saturated rings. The summed E-state index contributed by atoms with van der Waals surface area (Å²) in [6.07, 6.45) is 0. The lowest BCUT2D eigenvalue weighted by molar-refractivity contribution is 0.626. The van der Waals surface area contributed by atoms with Gasteiger partial charge in [-0.05, 0) is 40.9 Å². The van der Waals surface area contributed by atoms with Gasteiger partial charge in [0.15, 0.2) is 0 Å². The highest BCUT2D eigenvalue weighted by Crippen LogP contribution is 2.21. The quantitative estimate of drug-likeness (QED) is 0.696. The fraction of sp³-hybridized carbons (Fsp3) is 0.0769. The first kappa shape index (κ1) is 11.0. The minimum absolute atomic E-state index is 0.0544. The van der Waals surface area contributed by atoms with E-state index in [0.29, 0.717) is 0 Å². The van der Waals surface area contributed by atoms with Gasteiger partial charge in [-0.1, -0.05) is 24.3 Å². The van der Waals surface area contributed by atoms with Crippen LogP contribution in [0.1, 0.15) is 16.7 Å². The first-order valence-corrected chi connectivity index (χ1v) is 5.46. The topological polar surface area (TPSA) is 0 Å². The highest BCUT2D eigenvalue weighted by Gasteiger charge is 2.08. The van der Waals surface area contributed by atoms with E-state index < -0.39 is 0 Å². The van der Waals surface area contributed by atoms with Crippen molar-refractivity contribution in [3.63, 3.8) is 0 Å². The third-order valence-electron chi connectivity index (χ3n) is 2.41. The Balaban J connectivity index is 2.28. The smallest absolute Gasteiger partial charge is 0.123 e. The summed E-state index contributed by atoms with van der Waals surface area (Å²) in [5.74, 6) is -0.525. The minimum Gasteiger partial charge on any atom is -0.207 e. The maximum Gasteiger partial charge on any atom is 0.123 e. The lowest BCUT2D eigenvalue weighted by Crippen LogP contribution is -2.00. The molecular formula is C13H9F2Si. The van der Waals surface area contributed by atoms with Crippen LogP contribution in [0.3, 0.4) is 0 Å². The minimum atomic E-state index is -0.262. The number of benzene rings is 2. The van der Waals surface area contributed by atoms with Gasteiger partial charge in [0.25, 0.3) is 0 Å². The molecule has 0 bridgehead atoms. The van der Waals surface area contributed by atoms with Crippen LogP contribution >= 0.6 is 0 Å². The third kappa shape index (κ3) is 2.36. The third-order valence-corrected chi connectivity index (χ3v) is 3.07. The highest BCUT2D eigenvalue weighted by molar-refractivity contribution is 6.14. The normalized spacial score (nSPS) is 10.8.